The van der Waals surface area contributed by atoms with Gasteiger partial charge in [-0.25, -0.2) is 0 Å². The van der Waals surface area contributed by atoms with Crippen LogP contribution in [0.1, 0.15) is 38.7 Å². The van der Waals surface area contributed by atoms with Crippen molar-refractivity contribution in [3.05, 3.63) is 23.8 Å². The van der Waals surface area contributed by atoms with E-state index in [0.717, 1.165) is 49.4 Å². The monoisotopic (exact) mass is 338 g/mol. The topological polar surface area (TPSA) is 50.4 Å². The van der Waals surface area contributed by atoms with Crippen LogP contribution in [0.3, 0.4) is 0 Å². The lowest BCUT2D eigenvalue weighted by Crippen LogP contribution is -2.31. The number of amides is 1. The van der Waals surface area contributed by atoms with Crippen LogP contribution in [-0.4, -0.2) is 25.1 Å². The maximum absolute atomic E-state index is 12.5. The zero-order chi connectivity index (χ0) is 15.7. The van der Waals surface area contributed by atoms with Crippen molar-refractivity contribution in [3.63, 3.8) is 0 Å². The van der Waals surface area contributed by atoms with Gasteiger partial charge in [0.05, 0.1) is 6.10 Å². The summed E-state index contributed by atoms with van der Waals surface area (Å²) in [6.45, 7) is 8.13. The zero-order valence-corrected chi connectivity index (χ0v) is 15.0. The van der Waals surface area contributed by atoms with E-state index < -0.39 is 0 Å². The molecule has 1 aliphatic carbocycles. The molecule has 1 aromatic rings. The average molecular weight is 339 g/mol. The van der Waals surface area contributed by atoms with Gasteiger partial charge in [0.25, 0.3) is 0 Å². The highest BCUT2D eigenvalue weighted by Crippen LogP contribution is 2.58. The Bertz CT molecular complexity index is 568. The third-order valence-corrected chi connectivity index (χ3v) is 4.91. The summed E-state index contributed by atoms with van der Waals surface area (Å²) in [5, 5.41) is 6.46. The molecule has 1 aromatic carbocycles. The van der Waals surface area contributed by atoms with E-state index in [1.54, 1.807) is 0 Å². The number of nitrogens with one attached hydrogen (secondary N) is 2. The Kier molecular flexibility index (Phi) is 5.58. The summed E-state index contributed by atoms with van der Waals surface area (Å²) in [6, 6.07) is 5.87. The van der Waals surface area contributed by atoms with Gasteiger partial charge >= 0.3 is 0 Å². The smallest absolute Gasteiger partial charge is 0.228 e. The normalized spacial score (nSPS) is 21.7. The molecule has 2 aliphatic rings. The van der Waals surface area contributed by atoms with Crippen LogP contribution < -0.4 is 15.4 Å². The first-order chi connectivity index (χ1) is 10.5. The van der Waals surface area contributed by atoms with Gasteiger partial charge < -0.3 is 15.4 Å². The van der Waals surface area contributed by atoms with Crippen molar-refractivity contribution < 1.29 is 9.53 Å². The molecule has 2 fully saturated rings. The van der Waals surface area contributed by atoms with Gasteiger partial charge in [0, 0.05) is 11.6 Å². The standard InChI is InChI=1S/C18H26N2O2.ClH/c1-12(2)22-16-5-4-14(10-13(16)3)20-17(21)15-11-18(15)6-8-19-9-7-18;/h4-5,10,12,15,19H,6-9,11H2,1-3H3,(H,20,21);1H. The van der Waals surface area contributed by atoms with E-state index in [-0.39, 0.29) is 35.8 Å². The number of carbonyl (C=O) groups is 1. The molecule has 2 N–H and O–H groups in total. The highest BCUT2D eigenvalue weighted by Gasteiger charge is 2.57. The van der Waals surface area contributed by atoms with Crippen LogP contribution in [-0.2, 0) is 4.79 Å². The minimum absolute atomic E-state index is 0. The average Bonchev–Trinajstić information content (AvgIpc) is 3.16. The van der Waals surface area contributed by atoms with E-state index in [4.69, 9.17) is 4.74 Å². The maximum Gasteiger partial charge on any atom is 0.228 e. The van der Waals surface area contributed by atoms with Crippen LogP contribution in [0.25, 0.3) is 0 Å². The number of hydrogen-bond acceptors (Lipinski definition) is 3. The van der Waals surface area contributed by atoms with Crippen molar-refractivity contribution >= 4 is 24.0 Å². The number of halogens is 1. The first-order valence-electron chi connectivity index (χ1n) is 8.29. The number of hydrogen-bond donors (Lipinski definition) is 2. The zero-order valence-electron chi connectivity index (χ0n) is 14.1. The molecule has 1 heterocycles. The molecule has 23 heavy (non-hydrogen) atoms. The van der Waals surface area contributed by atoms with Crippen LogP contribution in [0.15, 0.2) is 18.2 Å². The van der Waals surface area contributed by atoms with Gasteiger partial charge in [-0.05, 0) is 82.3 Å². The molecule has 128 valence electrons. The molecular formula is C18H27ClN2O2. The molecule has 1 atom stereocenters. The quantitative estimate of drug-likeness (QED) is 0.883. The third kappa shape index (κ3) is 3.99. The van der Waals surface area contributed by atoms with Crippen molar-refractivity contribution in [2.45, 2.75) is 46.1 Å². The summed E-state index contributed by atoms with van der Waals surface area (Å²) in [4.78, 5) is 12.5. The Labute approximate surface area is 144 Å². The summed E-state index contributed by atoms with van der Waals surface area (Å²) in [5.74, 6) is 1.26. The number of benzene rings is 1. The highest BCUT2D eigenvalue weighted by atomic mass is 35.5. The number of piperidine rings is 1. The number of anilines is 1. The van der Waals surface area contributed by atoms with Gasteiger partial charge in [0.2, 0.25) is 5.91 Å². The highest BCUT2D eigenvalue weighted by molar-refractivity contribution is 5.95. The lowest BCUT2D eigenvalue weighted by molar-refractivity contribution is -0.118. The molecule has 0 radical (unpaired) electrons. The molecule has 1 spiro atoms. The molecular weight excluding hydrogens is 312 g/mol. The van der Waals surface area contributed by atoms with Gasteiger partial charge in [0.15, 0.2) is 0 Å². The predicted molar refractivity (Wildman–Crippen MR) is 95.5 cm³/mol. The third-order valence-electron chi connectivity index (χ3n) is 4.91. The van der Waals surface area contributed by atoms with Crippen molar-refractivity contribution in [3.8, 4) is 5.75 Å². The second-order valence-electron chi connectivity index (χ2n) is 7.01. The fraction of sp³-hybridized carbons (Fsp3) is 0.611. The fourth-order valence-electron chi connectivity index (χ4n) is 3.54. The molecule has 5 heteroatoms. The van der Waals surface area contributed by atoms with E-state index in [1.165, 1.54) is 0 Å². The van der Waals surface area contributed by atoms with E-state index in [0.29, 0.717) is 0 Å². The molecule has 1 saturated heterocycles. The van der Waals surface area contributed by atoms with Crippen molar-refractivity contribution in [1.29, 1.82) is 0 Å². The Morgan fingerprint density at radius 3 is 2.65 bits per heavy atom. The maximum atomic E-state index is 12.5. The van der Waals surface area contributed by atoms with Gasteiger partial charge in [-0.15, -0.1) is 12.4 Å². The van der Waals surface area contributed by atoms with Crippen molar-refractivity contribution in [1.82, 2.24) is 5.32 Å². The van der Waals surface area contributed by atoms with Gasteiger partial charge in [-0.2, -0.15) is 0 Å². The number of aryl methyl sites for hydroxylation is 1. The second-order valence-corrected chi connectivity index (χ2v) is 7.01. The molecule has 0 bridgehead atoms. The first-order valence-corrected chi connectivity index (χ1v) is 8.29. The summed E-state index contributed by atoms with van der Waals surface area (Å²) in [6.07, 6.45) is 3.47. The molecule has 1 saturated carbocycles. The van der Waals surface area contributed by atoms with Crippen LogP contribution in [0.5, 0.6) is 5.75 Å². The molecule has 1 amide bonds. The molecule has 0 aromatic heterocycles. The summed E-state index contributed by atoms with van der Waals surface area (Å²) in [5.41, 5.74) is 2.21. The second kappa shape index (κ2) is 7.10. The summed E-state index contributed by atoms with van der Waals surface area (Å²) < 4.78 is 5.74. The van der Waals surface area contributed by atoms with E-state index >= 15 is 0 Å². The fourth-order valence-corrected chi connectivity index (χ4v) is 3.54. The number of ether oxygens (including phenoxy) is 1. The largest absolute Gasteiger partial charge is 0.491 e. The van der Waals surface area contributed by atoms with Crippen LogP contribution in [0.4, 0.5) is 5.69 Å². The van der Waals surface area contributed by atoms with Crippen molar-refractivity contribution in [2.75, 3.05) is 18.4 Å². The minimum atomic E-state index is 0. The Balaban J connectivity index is 0.00000192. The van der Waals surface area contributed by atoms with E-state index in [1.807, 2.05) is 39.0 Å². The lowest BCUT2D eigenvalue weighted by atomic mass is 9.92. The van der Waals surface area contributed by atoms with E-state index in [2.05, 4.69) is 10.6 Å². The van der Waals surface area contributed by atoms with Crippen LogP contribution >= 0.6 is 12.4 Å². The first kappa shape index (κ1) is 18.1. The Hall–Kier alpha value is -1.26. The number of carbonyl (C=O) groups excluding carboxylic acids is 1. The van der Waals surface area contributed by atoms with E-state index in [9.17, 15) is 4.79 Å². The summed E-state index contributed by atoms with van der Waals surface area (Å²) >= 11 is 0. The SMILES string of the molecule is Cc1cc(NC(=O)C2CC23CCNCC3)ccc1OC(C)C.Cl. The molecule has 4 nitrogen and oxygen atoms in total. The number of rotatable bonds is 4. The Morgan fingerprint density at radius 1 is 1.35 bits per heavy atom. The Morgan fingerprint density at radius 2 is 2.04 bits per heavy atom. The molecule has 1 unspecified atom stereocenters. The van der Waals surface area contributed by atoms with Crippen LogP contribution in [0.2, 0.25) is 0 Å². The van der Waals surface area contributed by atoms with Gasteiger partial charge in [-0.3, -0.25) is 4.79 Å². The van der Waals surface area contributed by atoms with Crippen molar-refractivity contribution in [2.24, 2.45) is 11.3 Å². The summed E-state index contributed by atoms with van der Waals surface area (Å²) in [7, 11) is 0. The minimum Gasteiger partial charge on any atom is -0.491 e. The lowest BCUT2D eigenvalue weighted by Gasteiger charge is -2.23. The molecule has 3 rings (SSSR count). The van der Waals surface area contributed by atoms with Crippen LogP contribution in [0, 0.1) is 18.3 Å². The van der Waals surface area contributed by atoms with Gasteiger partial charge in [0.1, 0.15) is 5.75 Å². The predicted octanol–water partition coefficient (Wildman–Crippen LogP) is 3.53. The molecule has 1 aliphatic heterocycles. The van der Waals surface area contributed by atoms with Gasteiger partial charge in [-0.1, -0.05) is 0 Å².